The number of aromatic nitrogens is 2. The van der Waals surface area contributed by atoms with Gasteiger partial charge in [0.05, 0.1) is 11.6 Å². The third-order valence-corrected chi connectivity index (χ3v) is 6.93. The standard InChI is InChI=1S/C26H26FN3O2/c1-16-4-9-22(25-28-10-3-11-29-25)23(12-16)26(31)30-20-13-18(14-20)17(2)24(30)15-32-21-7-5-19(27)6-8-21/h3-12,17-18,20,24H,13-15H2,1-2H3/t17-,18?,20?,24+/m1/s1. The highest BCUT2D eigenvalue weighted by Crippen LogP contribution is 2.47. The average Bonchev–Trinajstić information content (AvgIpc) is 2.78. The average molecular weight is 432 g/mol. The fraction of sp³-hybridized carbons (Fsp3) is 0.346. The second-order valence-electron chi connectivity index (χ2n) is 8.91. The predicted octanol–water partition coefficient (Wildman–Crippen LogP) is 4.91. The molecule has 0 unspecified atom stereocenters. The van der Waals surface area contributed by atoms with Crippen LogP contribution < -0.4 is 4.74 Å². The molecule has 6 heteroatoms. The van der Waals surface area contributed by atoms with Gasteiger partial charge in [0.15, 0.2) is 5.82 Å². The van der Waals surface area contributed by atoms with Crippen LogP contribution in [0.15, 0.2) is 60.9 Å². The van der Waals surface area contributed by atoms with Crippen molar-refractivity contribution in [3.8, 4) is 17.1 Å². The van der Waals surface area contributed by atoms with Crippen LogP contribution in [0.25, 0.3) is 11.4 Å². The van der Waals surface area contributed by atoms with Crippen LogP contribution in [0.2, 0.25) is 0 Å². The highest BCUT2D eigenvalue weighted by atomic mass is 19.1. The third-order valence-electron chi connectivity index (χ3n) is 6.93. The molecule has 2 aliphatic heterocycles. The fourth-order valence-electron chi connectivity index (χ4n) is 4.99. The van der Waals surface area contributed by atoms with E-state index in [1.807, 2.05) is 30.0 Å². The molecule has 2 atom stereocenters. The van der Waals surface area contributed by atoms with Gasteiger partial charge in [-0.2, -0.15) is 0 Å². The lowest BCUT2D eigenvalue weighted by Crippen LogP contribution is -2.64. The van der Waals surface area contributed by atoms with Gasteiger partial charge in [0.1, 0.15) is 18.2 Å². The van der Waals surface area contributed by atoms with E-state index in [1.165, 1.54) is 12.1 Å². The number of fused-ring (bicyclic) bond motifs is 2. The molecule has 3 heterocycles. The van der Waals surface area contributed by atoms with E-state index in [2.05, 4.69) is 16.9 Å². The smallest absolute Gasteiger partial charge is 0.255 e. The minimum Gasteiger partial charge on any atom is -0.491 e. The summed E-state index contributed by atoms with van der Waals surface area (Å²) in [7, 11) is 0. The number of piperidine rings is 2. The normalized spacial score (nSPS) is 24.0. The van der Waals surface area contributed by atoms with Crippen LogP contribution in [-0.2, 0) is 0 Å². The molecular weight excluding hydrogens is 405 g/mol. The molecule has 1 amide bonds. The van der Waals surface area contributed by atoms with E-state index in [-0.39, 0.29) is 23.8 Å². The third kappa shape index (κ3) is 3.74. The summed E-state index contributed by atoms with van der Waals surface area (Å²) >= 11 is 0. The minimum absolute atomic E-state index is 0.00106. The number of ether oxygens (including phenoxy) is 1. The maximum absolute atomic E-state index is 14.0. The molecule has 0 spiro atoms. The number of amides is 1. The van der Waals surface area contributed by atoms with Gasteiger partial charge in [-0.05, 0) is 68.0 Å². The van der Waals surface area contributed by atoms with Gasteiger partial charge in [0.25, 0.3) is 5.91 Å². The zero-order valence-corrected chi connectivity index (χ0v) is 18.2. The minimum atomic E-state index is -0.295. The summed E-state index contributed by atoms with van der Waals surface area (Å²) in [5.41, 5.74) is 2.39. The maximum Gasteiger partial charge on any atom is 0.255 e. The van der Waals surface area contributed by atoms with E-state index in [4.69, 9.17) is 4.74 Å². The number of halogens is 1. The van der Waals surface area contributed by atoms with Crippen molar-refractivity contribution in [2.45, 2.75) is 38.8 Å². The first-order valence-corrected chi connectivity index (χ1v) is 11.1. The molecular formula is C26H26FN3O2. The van der Waals surface area contributed by atoms with Crippen LogP contribution in [0.5, 0.6) is 5.75 Å². The molecule has 32 heavy (non-hydrogen) atoms. The van der Waals surface area contributed by atoms with Crippen molar-refractivity contribution in [1.82, 2.24) is 14.9 Å². The van der Waals surface area contributed by atoms with Crippen LogP contribution in [0.1, 0.15) is 35.7 Å². The number of carbonyl (C=O) groups excluding carboxylic acids is 1. The van der Waals surface area contributed by atoms with E-state index in [0.29, 0.717) is 35.6 Å². The lowest BCUT2D eigenvalue weighted by molar-refractivity contribution is -0.0670. The summed E-state index contributed by atoms with van der Waals surface area (Å²) in [4.78, 5) is 24.7. The Bertz CT molecular complexity index is 1110. The zero-order valence-electron chi connectivity index (χ0n) is 18.2. The first-order valence-electron chi connectivity index (χ1n) is 11.1. The summed E-state index contributed by atoms with van der Waals surface area (Å²) in [6.45, 7) is 4.57. The van der Waals surface area contributed by atoms with Crippen molar-refractivity contribution in [3.05, 3.63) is 77.9 Å². The Morgan fingerprint density at radius 3 is 2.56 bits per heavy atom. The highest BCUT2D eigenvalue weighted by Gasteiger charge is 2.51. The van der Waals surface area contributed by atoms with Gasteiger partial charge in [-0.15, -0.1) is 0 Å². The number of hydrogen-bond donors (Lipinski definition) is 0. The van der Waals surface area contributed by atoms with E-state index in [1.54, 1.807) is 30.6 Å². The lowest BCUT2D eigenvalue weighted by Gasteiger charge is -2.57. The number of hydrogen-bond acceptors (Lipinski definition) is 4. The molecule has 5 nitrogen and oxygen atoms in total. The van der Waals surface area contributed by atoms with E-state index >= 15 is 0 Å². The molecule has 2 aromatic carbocycles. The molecule has 1 aliphatic carbocycles. The van der Waals surface area contributed by atoms with Crippen LogP contribution in [0.4, 0.5) is 4.39 Å². The number of rotatable bonds is 5. The molecule has 2 saturated heterocycles. The topological polar surface area (TPSA) is 55.3 Å². The Hall–Kier alpha value is -3.28. The number of nitrogens with zero attached hydrogens (tertiary/aromatic N) is 3. The van der Waals surface area contributed by atoms with E-state index in [0.717, 1.165) is 24.0 Å². The second-order valence-corrected chi connectivity index (χ2v) is 8.91. The van der Waals surface area contributed by atoms with Gasteiger partial charge in [0, 0.05) is 24.0 Å². The molecule has 1 aromatic heterocycles. The monoisotopic (exact) mass is 431 g/mol. The Balaban J connectivity index is 1.46. The Labute approximate surface area is 187 Å². The van der Waals surface area contributed by atoms with Crippen LogP contribution in [0.3, 0.4) is 0 Å². The quantitative estimate of drug-likeness (QED) is 0.576. The summed E-state index contributed by atoms with van der Waals surface area (Å²) < 4.78 is 19.3. The van der Waals surface area contributed by atoms with Gasteiger partial charge < -0.3 is 9.64 Å². The first kappa shape index (κ1) is 20.6. The van der Waals surface area contributed by atoms with Gasteiger partial charge in [-0.1, -0.05) is 24.6 Å². The van der Waals surface area contributed by atoms with Crippen molar-refractivity contribution in [2.75, 3.05) is 6.61 Å². The predicted molar refractivity (Wildman–Crippen MR) is 120 cm³/mol. The van der Waals surface area contributed by atoms with Gasteiger partial charge in [-0.25, -0.2) is 14.4 Å². The van der Waals surface area contributed by atoms with Gasteiger partial charge in [-0.3, -0.25) is 4.79 Å². The van der Waals surface area contributed by atoms with Gasteiger partial charge >= 0.3 is 0 Å². The first-order chi connectivity index (χ1) is 15.5. The molecule has 1 saturated carbocycles. The molecule has 0 N–H and O–H groups in total. The molecule has 3 fully saturated rings. The number of carbonyl (C=O) groups is 1. The lowest BCUT2D eigenvalue weighted by atomic mass is 9.64. The number of benzene rings is 2. The van der Waals surface area contributed by atoms with E-state index in [9.17, 15) is 9.18 Å². The zero-order chi connectivity index (χ0) is 22.2. The number of aryl methyl sites for hydroxylation is 1. The van der Waals surface area contributed by atoms with Gasteiger partial charge in [0.2, 0.25) is 0 Å². The van der Waals surface area contributed by atoms with Crippen LogP contribution in [0, 0.1) is 24.6 Å². The SMILES string of the molecule is Cc1ccc(-c2ncccn2)c(C(=O)N2C3CC(C3)[C@@H](C)[C@@H]2COc2ccc(F)cc2)c1. The van der Waals surface area contributed by atoms with Crippen molar-refractivity contribution in [1.29, 1.82) is 0 Å². The molecule has 2 bridgehead atoms. The van der Waals surface area contributed by atoms with Crippen molar-refractivity contribution < 1.29 is 13.9 Å². The molecule has 3 aliphatic rings. The molecule has 0 radical (unpaired) electrons. The van der Waals surface area contributed by atoms with Crippen molar-refractivity contribution >= 4 is 5.91 Å². The molecule has 6 rings (SSSR count). The van der Waals surface area contributed by atoms with E-state index < -0.39 is 0 Å². The summed E-state index contributed by atoms with van der Waals surface area (Å²) in [5, 5.41) is 0. The second kappa shape index (κ2) is 8.34. The summed E-state index contributed by atoms with van der Waals surface area (Å²) in [6, 6.07) is 13.8. The largest absolute Gasteiger partial charge is 0.491 e. The molecule has 3 aromatic rings. The highest BCUT2D eigenvalue weighted by molar-refractivity contribution is 6.01. The summed E-state index contributed by atoms with van der Waals surface area (Å²) in [6.07, 6.45) is 5.44. The van der Waals surface area contributed by atoms with Crippen LogP contribution in [-0.4, -0.2) is 39.5 Å². The van der Waals surface area contributed by atoms with Crippen molar-refractivity contribution in [2.24, 2.45) is 11.8 Å². The fourth-order valence-corrected chi connectivity index (χ4v) is 4.99. The summed E-state index contributed by atoms with van der Waals surface area (Å²) in [5.74, 6) is 1.80. The Morgan fingerprint density at radius 1 is 1.12 bits per heavy atom. The Kier molecular flexibility index (Phi) is 5.37. The Morgan fingerprint density at radius 2 is 1.84 bits per heavy atom. The van der Waals surface area contributed by atoms with Crippen LogP contribution >= 0.6 is 0 Å². The maximum atomic E-state index is 14.0. The molecule has 164 valence electrons. The van der Waals surface area contributed by atoms with Crippen molar-refractivity contribution in [3.63, 3.8) is 0 Å².